The van der Waals surface area contributed by atoms with Crippen LogP contribution in [0.15, 0.2) is 71.6 Å². The van der Waals surface area contributed by atoms with Crippen LogP contribution in [0.5, 0.6) is 17.2 Å². The molecule has 3 aromatic carbocycles. The second-order valence-corrected chi connectivity index (χ2v) is 10.9. The van der Waals surface area contributed by atoms with Crippen molar-refractivity contribution in [3.63, 3.8) is 0 Å². The zero-order valence-electron chi connectivity index (χ0n) is 21.4. The van der Waals surface area contributed by atoms with Gasteiger partial charge in [-0.05, 0) is 81.0 Å². The third kappa shape index (κ3) is 5.70. The lowest BCUT2D eigenvalue weighted by molar-refractivity contribution is 0.103. The normalized spacial score (nSPS) is 14.1. The molecule has 0 atom stereocenters. The molecule has 0 unspecified atom stereocenters. The molecule has 0 spiro atoms. The Labute approximate surface area is 217 Å². The summed E-state index contributed by atoms with van der Waals surface area (Å²) in [7, 11) is -0.810. The lowest BCUT2D eigenvalue weighted by Crippen LogP contribution is -2.28. The predicted octanol–water partition coefficient (Wildman–Crippen LogP) is 5.89. The highest BCUT2D eigenvalue weighted by Gasteiger charge is 2.27. The largest absolute Gasteiger partial charge is 0.496 e. The summed E-state index contributed by atoms with van der Waals surface area (Å²) in [6.45, 7) is 5.70. The molecule has 37 heavy (non-hydrogen) atoms. The van der Waals surface area contributed by atoms with Gasteiger partial charge < -0.3 is 14.2 Å². The van der Waals surface area contributed by atoms with Gasteiger partial charge in [0.1, 0.15) is 22.8 Å². The van der Waals surface area contributed by atoms with Gasteiger partial charge in [0, 0.05) is 0 Å². The minimum atomic E-state index is -3.84. The highest BCUT2D eigenvalue weighted by Crippen LogP contribution is 2.40. The van der Waals surface area contributed by atoms with Crippen LogP contribution in [-0.4, -0.2) is 34.0 Å². The predicted molar refractivity (Wildman–Crippen MR) is 145 cm³/mol. The first-order valence-electron chi connectivity index (χ1n) is 11.6. The monoisotopic (exact) mass is 519 g/mol. The van der Waals surface area contributed by atoms with E-state index in [0.29, 0.717) is 33.9 Å². The lowest BCUT2D eigenvalue weighted by Gasteiger charge is -2.29. The fourth-order valence-corrected chi connectivity index (χ4v) is 4.96. The quantitative estimate of drug-likeness (QED) is 0.295. The van der Waals surface area contributed by atoms with E-state index >= 15 is 0 Å². The number of ketones is 1. The van der Waals surface area contributed by atoms with Crippen molar-refractivity contribution in [2.24, 2.45) is 0 Å². The van der Waals surface area contributed by atoms with Crippen molar-refractivity contribution in [3.8, 4) is 17.2 Å². The Morgan fingerprint density at radius 2 is 1.65 bits per heavy atom. The molecular formula is C29H29NO6S. The van der Waals surface area contributed by atoms with Crippen molar-refractivity contribution in [2.45, 2.75) is 31.3 Å². The number of anilines is 1. The number of aryl methyl sites for hydroxylation is 1. The van der Waals surface area contributed by atoms with E-state index in [4.69, 9.17) is 14.2 Å². The fraction of sp³-hybridized carbons (Fsp3) is 0.207. The molecule has 0 saturated heterocycles. The summed E-state index contributed by atoms with van der Waals surface area (Å²) in [5.41, 5.74) is 2.36. The van der Waals surface area contributed by atoms with E-state index < -0.39 is 15.6 Å². The first kappa shape index (κ1) is 26.0. The van der Waals surface area contributed by atoms with Crippen LogP contribution in [0.2, 0.25) is 0 Å². The van der Waals surface area contributed by atoms with E-state index in [1.54, 1.807) is 67.8 Å². The summed E-state index contributed by atoms with van der Waals surface area (Å²) < 4.78 is 45.3. The summed E-state index contributed by atoms with van der Waals surface area (Å²) in [6.07, 6.45) is 6.86. The third-order valence-corrected chi connectivity index (χ3v) is 7.27. The summed E-state index contributed by atoms with van der Waals surface area (Å²) >= 11 is 0. The molecule has 1 heterocycles. The van der Waals surface area contributed by atoms with Gasteiger partial charge in [0.15, 0.2) is 5.78 Å². The lowest BCUT2D eigenvalue weighted by atomic mass is 9.97. The van der Waals surface area contributed by atoms with E-state index in [9.17, 15) is 13.2 Å². The fourth-order valence-electron chi connectivity index (χ4n) is 3.89. The summed E-state index contributed by atoms with van der Waals surface area (Å²) in [6, 6.07) is 14.9. The molecule has 0 amide bonds. The number of carbonyl (C=O) groups excluding carboxylic acids is 1. The number of fused-ring (bicyclic) bond motifs is 1. The van der Waals surface area contributed by atoms with E-state index in [1.165, 1.54) is 13.2 Å². The Hall–Kier alpha value is -4.04. The molecule has 1 aliphatic rings. The topological polar surface area (TPSA) is 90.9 Å². The van der Waals surface area contributed by atoms with Crippen LogP contribution in [0.4, 0.5) is 5.69 Å². The Bertz CT molecular complexity index is 1500. The molecule has 0 radical (unpaired) electrons. The van der Waals surface area contributed by atoms with Crippen molar-refractivity contribution >= 4 is 33.6 Å². The molecule has 0 aromatic heterocycles. The molecule has 0 saturated carbocycles. The Morgan fingerprint density at radius 3 is 2.32 bits per heavy atom. The summed E-state index contributed by atoms with van der Waals surface area (Å²) in [5, 5.41) is 0. The number of methoxy groups -OCH3 is 2. The van der Waals surface area contributed by atoms with Crippen molar-refractivity contribution in [2.75, 3.05) is 18.9 Å². The smallest absolute Gasteiger partial charge is 0.262 e. The Balaban J connectivity index is 1.63. The number of benzene rings is 3. The second-order valence-electron chi connectivity index (χ2n) is 9.17. The molecule has 0 fully saturated rings. The number of rotatable bonds is 8. The summed E-state index contributed by atoms with van der Waals surface area (Å²) in [5.74, 6) is 1.17. The average molecular weight is 520 g/mol. The van der Waals surface area contributed by atoms with Gasteiger partial charge in [0.2, 0.25) is 0 Å². The molecule has 192 valence electrons. The van der Waals surface area contributed by atoms with Crippen LogP contribution in [0.25, 0.3) is 12.2 Å². The number of hydrogen-bond acceptors (Lipinski definition) is 6. The first-order valence-corrected chi connectivity index (χ1v) is 13.1. The molecular weight excluding hydrogens is 490 g/mol. The molecule has 7 nitrogen and oxygen atoms in total. The van der Waals surface area contributed by atoms with Crippen molar-refractivity contribution in [1.82, 2.24) is 0 Å². The minimum Gasteiger partial charge on any atom is -0.496 e. The maximum absolute atomic E-state index is 13.2. The van der Waals surface area contributed by atoms with Crippen LogP contribution >= 0.6 is 0 Å². The van der Waals surface area contributed by atoms with Gasteiger partial charge in [-0.2, -0.15) is 0 Å². The Morgan fingerprint density at radius 1 is 0.973 bits per heavy atom. The SMILES string of the molecule is COc1ccc(C=CC(=O)c2ccc(OC)c3c2OC(C)(C)C=C3)cc1NS(=O)(=O)c1ccc(C)cc1. The van der Waals surface area contributed by atoms with Crippen LogP contribution in [0.1, 0.15) is 40.9 Å². The van der Waals surface area contributed by atoms with Crippen LogP contribution in [0.3, 0.4) is 0 Å². The standard InChI is InChI=1S/C29H29NO6S/c1-19-6-10-21(11-7-19)37(32,33)30-24-18-20(9-14-27(24)35-5)8-13-25(31)22-12-15-26(34-4)23-16-17-29(2,3)36-28(22)23/h6-18,30H,1-5H3. The van der Waals surface area contributed by atoms with Crippen LogP contribution in [-0.2, 0) is 10.0 Å². The second kappa shape index (κ2) is 10.1. The maximum Gasteiger partial charge on any atom is 0.262 e. The molecule has 1 aliphatic heterocycles. The number of hydrogen-bond donors (Lipinski definition) is 1. The number of ether oxygens (including phenoxy) is 3. The summed E-state index contributed by atoms with van der Waals surface area (Å²) in [4.78, 5) is 13.3. The van der Waals surface area contributed by atoms with E-state index in [-0.39, 0.29) is 16.4 Å². The zero-order valence-corrected chi connectivity index (χ0v) is 22.2. The van der Waals surface area contributed by atoms with Crippen molar-refractivity contribution < 1.29 is 27.4 Å². The first-order chi connectivity index (χ1) is 17.5. The maximum atomic E-state index is 13.2. The minimum absolute atomic E-state index is 0.137. The van der Waals surface area contributed by atoms with E-state index in [0.717, 1.165) is 5.56 Å². The van der Waals surface area contributed by atoms with Gasteiger partial charge in [0.05, 0.1) is 35.9 Å². The third-order valence-electron chi connectivity index (χ3n) is 5.88. The molecule has 3 aromatic rings. The molecule has 8 heteroatoms. The molecule has 4 rings (SSSR count). The highest BCUT2D eigenvalue weighted by molar-refractivity contribution is 7.92. The van der Waals surface area contributed by atoms with Crippen LogP contribution in [0, 0.1) is 6.92 Å². The van der Waals surface area contributed by atoms with Gasteiger partial charge in [-0.25, -0.2) is 8.42 Å². The number of nitrogens with one attached hydrogen (secondary N) is 1. The van der Waals surface area contributed by atoms with Crippen molar-refractivity contribution in [1.29, 1.82) is 0 Å². The average Bonchev–Trinajstić information content (AvgIpc) is 2.86. The van der Waals surface area contributed by atoms with Gasteiger partial charge in [-0.1, -0.05) is 29.8 Å². The highest BCUT2D eigenvalue weighted by atomic mass is 32.2. The molecule has 0 aliphatic carbocycles. The van der Waals surface area contributed by atoms with Crippen molar-refractivity contribution in [3.05, 3.63) is 89.0 Å². The number of allylic oxidation sites excluding steroid dienone is 1. The molecule has 0 bridgehead atoms. The van der Waals surface area contributed by atoms with Gasteiger partial charge in [-0.15, -0.1) is 0 Å². The van der Waals surface area contributed by atoms with E-state index in [2.05, 4.69) is 4.72 Å². The zero-order chi connectivity index (χ0) is 26.8. The van der Waals surface area contributed by atoms with Gasteiger partial charge >= 0.3 is 0 Å². The van der Waals surface area contributed by atoms with E-state index in [1.807, 2.05) is 32.9 Å². The Kier molecular flexibility index (Phi) is 7.14. The molecule has 1 N–H and O–H groups in total. The number of sulfonamides is 1. The van der Waals surface area contributed by atoms with Gasteiger partial charge in [-0.3, -0.25) is 9.52 Å². The van der Waals surface area contributed by atoms with Gasteiger partial charge in [0.25, 0.3) is 10.0 Å². The van der Waals surface area contributed by atoms with Crippen LogP contribution < -0.4 is 18.9 Å². The number of carbonyl (C=O) groups is 1.